The summed E-state index contributed by atoms with van der Waals surface area (Å²) in [6.45, 7) is 2.94. The first-order valence-corrected chi connectivity index (χ1v) is 6.94. The molecule has 3 aromatic rings. The molecule has 0 aliphatic carbocycles. The maximum absolute atomic E-state index is 4.68. The predicted molar refractivity (Wildman–Crippen MR) is 82.4 cm³/mol. The Labute approximate surface area is 119 Å². The third-order valence-corrected chi connectivity index (χ3v) is 3.75. The third kappa shape index (κ3) is 2.45. The van der Waals surface area contributed by atoms with Crippen molar-refractivity contribution in [2.24, 2.45) is 7.05 Å². The molecule has 3 rings (SSSR count). The fraction of sp³-hybridized carbons (Fsp3) is 0.235. The molecule has 0 unspecified atom stereocenters. The molecule has 0 fully saturated rings. The van der Waals surface area contributed by atoms with Gasteiger partial charge < -0.3 is 9.88 Å². The quantitative estimate of drug-likeness (QED) is 0.783. The second kappa shape index (κ2) is 5.47. The van der Waals surface area contributed by atoms with Crippen molar-refractivity contribution in [1.82, 2.24) is 14.9 Å². The Morgan fingerprint density at radius 1 is 1.05 bits per heavy atom. The first-order valence-electron chi connectivity index (χ1n) is 6.94. The molecule has 102 valence electrons. The molecule has 0 radical (unpaired) electrons. The molecular formula is C17H19N3. The number of benzene rings is 2. The Hall–Kier alpha value is -2.13. The summed E-state index contributed by atoms with van der Waals surface area (Å²) in [5.74, 6) is 1.06. The third-order valence-electron chi connectivity index (χ3n) is 3.75. The van der Waals surface area contributed by atoms with Crippen molar-refractivity contribution < 1.29 is 0 Å². The Kier molecular flexibility index (Phi) is 3.52. The van der Waals surface area contributed by atoms with E-state index in [0.717, 1.165) is 17.9 Å². The summed E-state index contributed by atoms with van der Waals surface area (Å²) in [5.41, 5.74) is 3.53. The van der Waals surface area contributed by atoms with Gasteiger partial charge in [0, 0.05) is 13.1 Å². The van der Waals surface area contributed by atoms with E-state index in [1.807, 2.05) is 18.2 Å². The van der Waals surface area contributed by atoms with E-state index in [1.54, 1.807) is 0 Å². The lowest BCUT2D eigenvalue weighted by molar-refractivity contribution is 0.551. The van der Waals surface area contributed by atoms with Crippen LogP contribution in [-0.4, -0.2) is 9.55 Å². The number of rotatable bonds is 4. The zero-order valence-corrected chi connectivity index (χ0v) is 11.9. The SMILES string of the molecule is C[C@@H](NCc1nc2ccccc2n1C)c1ccccc1. The van der Waals surface area contributed by atoms with Gasteiger partial charge in [-0.2, -0.15) is 0 Å². The number of nitrogens with one attached hydrogen (secondary N) is 1. The fourth-order valence-corrected chi connectivity index (χ4v) is 2.46. The standard InChI is InChI=1S/C17H19N3/c1-13(14-8-4-3-5-9-14)18-12-17-19-15-10-6-7-11-16(15)20(17)2/h3-11,13,18H,12H2,1-2H3/t13-/m1/s1. The molecule has 1 N–H and O–H groups in total. The minimum absolute atomic E-state index is 0.316. The van der Waals surface area contributed by atoms with Crippen LogP contribution >= 0.6 is 0 Å². The van der Waals surface area contributed by atoms with Gasteiger partial charge in [0.05, 0.1) is 17.6 Å². The van der Waals surface area contributed by atoms with Crippen molar-refractivity contribution in [1.29, 1.82) is 0 Å². The van der Waals surface area contributed by atoms with Gasteiger partial charge in [-0.3, -0.25) is 0 Å². The Balaban J connectivity index is 1.76. The molecule has 0 saturated carbocycles. The highest BCUT2D eigenvalue weighted by Gasteiger charge is 2.09. The number of aryl methyl sites for hydroxylation is 1. The van der Waals surface area contributed by atoms with E-state index >= 15 is 0 Å². The molecule has 0 aliphatic heterocycles. The minimum atomic E-state index is 0.316. The predicted octanol–water partition coefficient (Wildman–Crippen LogP) is 3.42. The van der Waals surface area contributed by atoms with Gasteiger partial charge >= 0.3 is 0 Å². The Morgan fingerprint density at radius 3 is 2.50 bits per heavy atom. The normalized spacial score (nSPS) is 12.7. The lowest BCUT2D eigenvalue weighted by Gasteiger charge is -2.13. The van der Waals surface area contributed by atoms with Gasteiger partial charge in [-0.05, 0) is 24.6 Å². The maximum atomic E-state index is 4.68. The molecule has 0 spiro atoms. The largest absolute Gasteiger partial charge is 0.330 e. The monoisotopic (exact) mass is 265 g/mol. The van der Waals surface area contributed by atoms with E-state index in [0.29, 0.717) is 6.04 Å². The van der Waals surface area contributed by atoms with Crippen LogP contribution in [0.2, 0.25) is 0 Å². The van der Waals surface area contributed by atoms with Crippen molar-refractivity contribution in [2.75, 3.05) is 0 Å². The molecule has 0 aliphatic rings. The number of hydrogen-bond donors (Lipinski definition) is 1. The summed E-state index contributed by atoms with van der Waals surface area (Å²) in [7, 11) is 2.07. The van der Waals surface area contributed by atoms with E-state index in [2.05, 4.69) is 65.2 Å². The van der Waals surface area contributed by atoms with E-state index < -0.39 is 0 Å². The number of nitrogens with zero attached hydrogens (tertiary/aromatic N) is 2. The molecule has 1 heterocycles. The summed E-state index contributed by atoms with van der Waals surface area (Å²) in [6.07, 6.45) is 0. The number of imidazole rings is 1. The summed E-state index contributed by atoms with van der Waals surface area (Å²) >= 11 is 0. The smallest absolute Gasteiger partial charge is 0.123 e. The van der Waals surface area contributed by atoms with E-state index in [4.69, 9.17) is 0 Å². The minimum Gasteiger partial charge on any atom is -0.330 e. The fourth-order valence-electron chi connectivity index (χ4n) is 2.46. The number of aromatic nitrogens is 2. The highest BCUT2D eigenvalue weighted by atomic mass is 15.1. The van der Waals surface area contributed by atoms with Gasteiger partial charge in [0.1, 0.15) is 5.82 Å². The molecule has 0 bridgehead atoms. The van der Waals surface area contributed by atoms with Crippen LogP contribution in [0.1, 0.15) is 24.4 Å². The maximum Gasteiger partial charge on any atom is 0.123 e. The van der Waals surface area contributed by atoms with Crippen LogP contribution in [0.25, 0.3) is 11.0 Å². The van der Waals surface area contributed by atoms with Crippen LogP contribution in [0.15, 0.2) is 54.6 Å². The van der Waals surface area contributed by atoms with Crippen molar-refractivity contribution in [3.05, 3.63) is 66.0 Å². The first-order chi connectivity index (χ1) is 9.75. The Morgan fingerprint density at radius 2 is 1.75 bits per heavy atom. The lowest BCUT2D eigenvalue weighted by atomic mass is 10.1. The zero-order chi connectivity index (χ0) is 13.9. The van der Waals surface area contributed by atoms with Crippen LogP contribution in [0, 0.1) is 0 Å². The molecule has 1 atom stereocenters. The highest BCUT2D eigenvalue weighted by molar-refractivity contribution is 5.75. The average Bonchev–Trinajstić information content (AvgIpc) is 2.83. The van der Waals surface area contributed by atoms with Crippen LogP contribution in [0.4, 0.5) is 0 Å². The summed E-state index contributed by atoms with van der Waals surface area (Å²) in [4.78, 5) is 4.68. The van der Waals surface area contributed by atoms with Crippen LogP contribution in [0.3, 0.4) is 0 Å². The zero-order valence-electron chi connectivity index (χ0n) is 11.9. The van der Waals surface area contributed by atoms with Gasteiger partial charge in [-0.15, -0.1) is 0 Å². The Bertz CT molecular complexity index is 701. The molecule has 3 nitrogen and oxygen atoms in total. The van der Waals surface area contributed by atoms with E-state index in [-0.39, 0.29) is 0 Å². The lowest BCUT2D eigenvalue weighted by Crippen LogP contribution is -2.20. The van der Waals surface area contributed by atoms with Crippen molar-refractivity contribution in [3.63, 3.8) is 0 Å². The average molecular weight is 265 g/mol. The van der Waals surface area contributed by atoms with Gasteiger partial charge in [-0.25, -0.2) is 4.98 Å². The molecule has 3 heteroatoms. The highest BCUT2D eigenvalue weighted by Crippen LogP contribution is 2.16. The summed E-state index contributed by atoms with van der Waals surface area (Å²) < 4.78 is 2.15. The van der Waals surface area contributed by atoms with Crippen molar-refractivity contribution in [3.8, 4) is 0 Å². The van der Waals surface area contributed by atoms with Gasteiger partial charge in [0.25, 0.3) is 0 Å². The molecule has 2 aromatic carbocycles. The molecule has 0 amide bonds. The van der Waals surface area contributed by atoms with Gasteiger partial charge in [0.2, 0.25) is 0 Å². The second-order valence-electron chi connectivity index (χ2n) is 5.09. The van der Waals surface area contributed by atoms with Crippen LogP contribution in [0.5, 0.6) is 0 Å². The van der Waals surface area contributed by atoms with Crippen molar-refractivity contribution >= 4 is 11.0 Å². The van der Waals surface area contributed by atoms with Crippen LogP contribution in [-0.2, 0) is 13.6 Å². The van der Waals surface area contributed by atoms with E-state index in [9.17, 15) is 0 Å². The molecular weight excluding hydrogens is 246 g/mol. The molecule has 1 aromatic heterocycles. The van der Waals surface area contributed by atoms with E-state index in [1.165, 1.54) is 11.1 Å². The number of hydrogen-bond acceptors (Lipinski definition) is 2. The molecule has 20 heavy (non-hydrogen) atoms. The van der Waals surface area contributed by atoms with Gasteiger partial charge in [0.15, 0.2) is 0 Å². The molecule has 0 saturated heterocycles. The van der Waals surface area contributed by atoms with Gasteiger partial charge in [-0.1, -0.05) is 42.5 Å². The van der Waals surface area contributed by atoms with Crippen LogP contribution < -0.4 is 5.32 Å². The van der Waals surface area contributed by atoms with Crippen molar-refractivity contribution in [2.45, 2.75) is 19.5 Å². The summed E-state index contributed by atoms with van der Waals surface area (Å²) in [6, 6.07) is 19.0. The first kappa shape index (κ1) is 12.9. The topological polar surface area (TPSA) is 29.9 Å². The second-order valence-corrected chi connectivity index (χ2v) is 5.09. The number of fused-ring (bicyclic) bond motifs is 1. The summed E-state index contributed by atoms with van der Waals surface area (Å²) in [5, 5.41) is 3.53. The number of para-hydroxylation sites is 2.